The first kappa shape index (κ1) is 11.3. The molecule has 0 aliphatic rings. The molecule has 80 valence electrons. The summed E-state index contributed by atoms with van der Waals surface area (Å²) in [4.78, 5) is 0. The van der Waals surface area contributed by atoms with Crippen molar-refractivity contribution in [3.05, 3.63) is 10.7 Å². The minimum Gasteiger partial charge on any atom is -0.383 e. The van der Waals surface area contributed by atoms with E-state index >= 15 is 0 Å². The molecule has 0 amide bonds. The van der Waals surface area contributed by atoms with Gasteiger partial charge in [-0.3, -0.25) is 0 Å². The van der Waals surface area contributed by atoms with Crippen LogP contribution in [0.1, 0.15) is 19.5 Å². The van der Waals surface area contributed by atoms with Gasteiger partial charge >= 0.3 is 0 Å². The average molecular weight is 218 g/mol. The van der Waals surface area contributed by atoms with Gasteiger partial charge in [0.25, 0.3) is 0 Å². The first-order valence-electron chi connectivity index (χ1n) is 4.41. The number of aryl methyl sites for hydroxylation is 1. The van der Waals surface area contributed by atoms with Crippen LogP contribution in [0.25, 0.3) is 0 Å². The number of anilines is 1. The third-order valence-corrected chi connectivity index (χ3v) is 2.64. The largest absolute Gasteiger partial charge is 0.383 e. The van der Waals surface area contributed by atoms with Crippen LogP contribution in [0.5, 0.6) is 0 Å². The first-order chi connectivity index (χ1) is 6.37. The Morgan fingerprint density at radius 1 is 1.57 bits per heavy atom. The van der Waals surface area contributed by atoms with Crippen molar-refractivity contribution >= 4 is 17.4 Å². The predicted octanol–water partition coefficient (Wildman–Crippen LogP) is 1.85. The number of hydrogen-bond donors (Lipinski definition) is 1. The van der Waals surface area contributed by atoms with E-state index in [1.807, 2.05) is 20.8 Å². The summed E-state index contributed by atoms with van der Waals surface area (Å²) >= 11 is 5.92. The Labute approximate surface area is 89.0 Å². The molecule has 4 nitrogen and oxygen atoms in total. The molecule has 0 spiro atoms. The van der Waals surface area contributed by atoms with Gasteiger partial charge in [0.1, 0.15) is 10.8 Å². The SMILES string of the molecule is COC(C)(C)Cn1nc(C)c(Cl)c1N. The minimum absolute atomic E-state index is 0.296. The molecule has 0 fully saturated rings. The van der Waals surface area contributed by atoms with Crippen LogP contribution in [-0.2, 0) is 11.3 Å². The standard InChI is InChI=1S/C9H16ClN3O/c1-6-7(10)8(11)13(12-6)5-9(2,3)14-4/h5,11H2,1-4H3. The second-order valence-electron chi connectivity index (χ2n) is 3.91. The van der Waals surface area contributed by atoms with Gasteiger partial charge in [0, 0.05) is 7.11 Å². The molecule has 0 aromatic carbocycles. The number of nitrogens with zero attached hydrogens (tertiary/aromatic N) is 2. The second-order valence-corrected chi connectivity index (χ2v) is 4.28. The number of ether oxygens (including phenoxy) is 1. The van der Waals surface area contributed by atoms with E-state index in [0.29, 0.717) is 17.4 Å². The number of methoxy groups -OCH3 is 1. The van der Waals surface area contributed by atoms with Gasteiger partial charge in [-0.1, -0.05) is 11.6 Å². The fourth-order valence-electron chi connectivity index (χ4n) is 1.12. The highest BCUT2D eigenvalue weighted by Crippen LogP contribution is 2.24. The monoisotopic (exact) mass is 217 g/mol. The van der Waals surface area contributed by atoms with Crippen molar-refractivity contribution in [2.75, 3.05) is 12.8 Å². The first-order valence-corrected chi connectivity index (χ1v) is 4.78. The number of nitrogens with two attached hydrogens (primary N) is 1. The number of rotatable bonds is 3. The van der Waals surface area contributed by atoms with Gasteiger partial charge in [0.05, 0.1) is 17.8 Å². The molecule has 1 aromatic heterocycles. The van der Waals surface area contributed by atoms with Crippen molar-refractivity contribution in [2.45, 2.75) is 32.9 Å². The lowest BCUT2D eigenvalue weighted by molar-refractivity contribution is 0.00589. The molecule has 14 heavy (non-hydrogen) atoms. The smallest absolute Gasteiger partial charge is 0.141 e. The molecule has 1 aromatic rings. The van der Waals surface area contributed by atoms with Gasteiger partial charge in [-0.05, 0) is 20.8 Å². The van der Waals surface area contributed by atoms with Crippen molar-refractivity contribution in [3.63, 3.8) is 0 Å². The minimum atomic E-state index is -0.296. The number of nitrogen functional groups attached to an aromatic ring is 1. The maximum Gasteiger partial charge on any atom is 0.141 e. The van der Waals surface area contributed by atoms with Crippen LogP contribution in [0.2, 0.25) is 5.02 Å². The van der Waals surface area contributed by atoms with Crippen LogP contribution in [0.15, 0.2) is 0 Å². The molecule has 1 heterocycles. The Kier molecular flexibility index (Phi) is 3.07. The van der Waals surface area contributed by atoms with Crippen LogP contribution in [-0.4, -0.2) is 22.5 Å². The van der Waals surface area contributed by atoms with Gasteiger partial charge < -0.3 is 10.5 Å². The highest BCUT2D eigenvalue weighted by molar-refractivity contribution is 6.33. The Bertz CT molecular complexity index is 333. The molecule has 0 radical (unpaired) electrons. The number of hydrogen-bond acceptors (Lipinski definition) is 3. The van der Waals surface area contributed by atoms with E-state index in [4.69, 9.17) is 22.1 Å². The van der Waals surface area contributed by atoms with Gasteiger partial charge in [-0.15, -0.1) is 0 Å². The summed E-state index contributed by atoms with van der Waals surface area (Å²) in [5, 5.41) is 4.75. The van der Waals surface area contributed by atoms with Crippen molar-refractivity contribution in [2.24, 2.45) is 0 Å². The second kappa shape index (κ2) is 3.79. The van der Waals surface area contributed by atoms with Crippen molar-refractivity contribution < 1.29 is 4.74 Å². The van der Waals surface area contributed by atoms with E-state index < -0.39 is 0 Å². The lowest BCUT2D eigenvalue weighted by Crippen LogP contribution is -2.30. The van der Waals surface area contributed by atoms with E-state index in [0.717, 1.165) is 5.69 Å². The van der Waals surface area contributed by atoms with Crippen molar-refractivity contribution in [3.8, 4) is 0 Å². The van der Waals surface area contributed by atoms with Gasteiger partial charge in [0.2, 0.25) is 0 Å². The van der Waals surface area contributed by atoms with Crippen LogP contribution >= 0.6 is 11.6 Å². The molecule has 0 unspecified atom stereocenters. The molecule has 1 rings (SSSR count). The predicted molar refractivity (Wildman–Crippen MR) is 57.5 cm³/mol. The Hall–Kier alpha value is -0.740. The van der Waals surface area contributed by atoms with Gasteiger partial charge in [-0.25, -0.2) is 4.68 Å². The summed E-state index contributed by atoms with van der Waals surface area (Å²) in [6.07, 6.45) is 0. The van der Waals surface area contributed by atoms with Crippen LogP contribution in [0, 0.1) is 6.92 Å². The molecule has 0 bridgehead atoms. The maximum absolute atomic E-state index is 5.92. The zero-order chi connectivity index (χ0) is 10.9. The summed E-state index contributed by atoms with van der Waals surface area (Å²) < 4.78 is 6.95. The zero-order valence-corrected chi connectivity index (χ0v) is 9.72. The Morgan fingerprint density at radius 2 is 2.14 bits per heavy atom. The summed E-state index contributed by atoms with van der Waals surface area (Å²) in [6, 6.07) is 0. The third-order valence-electron chi connectivity index (χ3n) is 2.17. The zero-order valence-electron chi connectivity index (χ0n) is 8.97. The molecule has 0 aliphatic heterocycles. The Balaban J connectivity index is 2.93. The molecule has 5 heteroatoms. The van der Waals surface area contributed by atoms with Gasteiger partial charge in [0.15, 0.2) is 0 Å². The molecular formula is C9H16ClN3O. The molecule has 0 aliphatic carbocycles. The van der Waals surface area contributed by atoms with Crippen LogP contribution in [0.4, 0.5) is 5.82 Å². The normalized spacial score (nSPS) is 12.1. The topological polar surface area (TPSA) is 53.1 Å². The van der Waals surface area contributed by atoms with Crippen molar-refractivity contribution in [1.29, 1.82) is 0 Å². The molecule has 2 N–H and O–H groups in total. The average Bonchev–Trinajstić information content (AvgIpc) is 2.33. The Morgan fingerprint density at radius 3 is 2.50 bits per heavy atom. The van der Waals surface area contributed by atoms with E-state index in [-0.39, 0.29) is 5.60 Å². The highest BCUT2D eigenvalue weighted by Gasteiger charge is 2.20. The summed E-state index contributed by atoms with van der Waals surface area (Å²) in [7, 11) is 1.66. The van der Waals surface area contributed by atoms with Crippen LogP contribution < -0.4 is 5.73 Å². The van der Waals surface area contributed by atoms with E-state index in [2.05, 4.69) is 5.10 Å². The van der Waals surface area contributed by atoms with Crippen molar-refractivity contribution in [1.82, 2.24) is 9.78 Å². The fourth-order valence-corrected chi connectivity index (χ4v) is 1.26. The van der Waals surface area contributed by atoms with E-state index in [1.165, 1.54) is 0 Å². The number of aromatic nitrogens is 2. The summed E-state index contributed by atoms with van der Waals surface area (Å²) in [5.41, 5.74) is 6.23. The summed E-state index contributed by atoms with van der Waals surface area (Å²) in [6.45, 7) is 6.35. The third kappa shape index (κ3) is 2.19. The molecular weight excluding hydrogens is 202 g/mol. The van der Waals surface area contributed by atoms with Gasteiger partial charge in [-0.2, -0.15) is 5.10 Å². The lowest BCUT2D eigenvalue weighted by Gasteiger charge is -2.23. The summed E-state index contributed by atoms with van der Waals surface area (Å²) in [5.74, 6) is 0.495. The van der Waals surface area contributed by atoms with E-state index in [1.54, 1.807) is 11.8 Å². The van der Waals surface area contributed by atoms with E-state index in [9.17, 15) is 0 Å². The maximum atomic E-state index is 5.92. The lowest BCUT2D eigenvalue weighted by atomic mass is 10.1. The molecule has 0 saturated carbocycles. The molecule has 0 saturated heterocycles. The fraction of sp³-hybridized carbons (Fsp3) is 0.667. The quantitative estimate of drug-likeness (QED) is 0.841. The highest BCUT2D eigenvalue weighted by atomic mass is 35.5. The number of halogens is 1. The molecule has 0 atom stereocenters. The van der Waals surface area contributed by atoms with Crippen LogP contribution in [0.3, 0.4) is 0 Å².